The zero-order chi connectivity index (χ0) is 20.5. The predicted octanol–water partition coefficient (Wildman–Crippen LogP) is 2.69. The van der Waals surface area contributed by atoms with Crippen molar-refractivity contribution in [3.63, 3.8) is 0 Å². The highest BCUT2D eigenvalue weighted by molar-refractivity contribution is 5.94. The predicted molar refractivity (Wildman–Crippen MR) is 110 cm³/mol. The minimum absolute atomic E-state index is 0.177. The van der Waals surface area contributed by atoms with E-state index in [0.29, 0.717) is 31.4 Å². The van der Waals surface area contributed by atoms with Crippen LogP contribution in [0.5, 0.6) is 5.75 Å². The number of H-pyrrole nitrogens is 1. The van der Waals surface area contributed by atoms with Crippen LogP contribution in [-0.2, 0) is 30.9 Å². The summed E-state index contributed by atoms with van der Waals surface area (Å²) < 4.78 is 13.0. The Morgan fingerprint density at radius 2 is 2.30 bits per heavy atom. The van der Waals surface area contributed by atoms with Gasteiger partial charge in [0.15, 0.2) is 5.69 Å². The molecule has 1 aliphatic carbocycles. The van der Waals surface area contributed by atoms with E-state index in [1.165, 1.54) is 12.8 Å². The van der Waals surface area contributed by atoms with E-state index in [2.05, 4.69) is 20.6 Å². The van der Waals surface area contributed by atoms with E-state index in [1.807, 2.05) is 28.9 Å². The Hall–Kier alpha value is -3.13. The van der Waals surface area contributed by atoms with Crippen LogP contribution >= 0.6 is 0 Å². The Morgan fingerprint density at radius 1 is 1.40 bits per heavy atom. The molecule has 2 aliphatic rings. The van der Waals surface area contributed by atoms with Gasteiger partial charge in [-0.15, -0.1) is 0 Å². The highest BCUT2D eigenvalue weighted by Crippen LogP contribution is 2.32. The van der Waals surface area contributed by atoms with E-state index < -0.39 is 0 Å². The molecule has 0 radical (unpaired) electrons. The monoisotopic (exact) mass is 407 g/mol. The average molecular weight is 407 g/mol. The Morgan fingerprint density at radius 3 is 3.13 bits per heavy atom. The molecule has 2 N–H and O–H groups in total. The number of ether oxygens (including phenoxy) is 2. The lowest BCUT2D eigenvalue weighted by Crippen LogP contribution is -2.25. The van der Waals surface area contributed by atoms with Crippen LogP contribution in [0.3, 0.4) is 0 Å². The van der Waals surface area contributed by atoms with Crippen molar-refractivity contribution < 1.29 is 14.3 Å². The van der Waals surface area contributed by atoms with Crippen LogP contribution in [0.4, 0.5) is 0 Å². The number of nitrogens with zero attached hydrogens (tertiary/aromatic N) is 3. The molecule has 0 unspecified atom stereocenters. The molecular formula is C22H25N5O3. The number of benzene rings is 1. The second-order valence-electron chi connectivity index (χ2n) is 7.89. The Kier molecular flexibility index (Phi) is 5.00. The molecule has 1 aliphatic heterocycles. The molecule has 5 rings (SSSR count). The molecule has 0 saturated heterocycles. The van der Waals surface area contributed by atoms with Crippen LogP contribution in [0.1, 0.15) is 40.2 Å². The van der Waals surface area contributed by atoms with Crippen molar-refractivity contribution in [1.82, 2.24) is 25.3 Å². The third-order valence-electron chi connectivity index (χ3n) is 5.75. The molecule has 1 saturated carbocycles. The van der Waals surface area contributed by atoms with Gasteiger partial charge in [0.1, 0.15) is 5.75 Å². The highest BCUT2D eigenvalue weighted by atomic mass is 16.5. The van der Waals surface area contributed by atoms with Gasteiger partial charge in [-0.25, -0.2) is 0 Å². The number of rotatable bonds is 7. The van der Waals surface area contributed by atoms with Crippen LogP contribution in [0.15, 0.2) is 30.5 Å². The second kappa shape index (κ2) is 7.95. The van der Waals surface area contributed by atoms with Crippen molar-refractivity contribution in [2.24, 2.45) is 5.92 Å². The molecule has 1 amide bonds. The molecule has 1 fully saturated rings. The largest absolute Gasteiger partial charge is 0.497 e. The van der Waals surface area contributed by atoms with Gasteiger partial charge in [0.2, 0.25) is 0 Å². The second-order valence-corrected chi connectivity index (χ2v) is 7.89. The Labute approximate surface area is 174 Å². The molecule has 8 nitrogen and oxygen atoms in total. The number of amides is 1. The van der Waals surface area contributed by atoms with Crippen molar-refractivity contribution in [2.75, 3.05) is 13.7 Å². The summed E-state index contributed by atoms with van der Waals surface area (Å²) in [5, 5.41) is 14.9. The van der Waals surface area contributed by atoms with E-state index in [1.54, 1.807) is 13.3 Å². The fraction of sp³-hybridized carbons (Fsp3) is 0.409. The van der Waals surface area contributed by atoms with Gasteiger partial charge >= 0.3 is 0 Å². The lowest BCUT2D eigenvalue weighted by molar-refractivity contribution is 0.0922. The fourth-order valence-corrected chi connectivity index (χ4v) is 3.92. The molecule has 3 aromatic rings. The summed E-state index contributed by atoms with van der Waals surface area (Å²) in [5.74, 6) is 1.29. The van der Waals surface area contributed by atoms with Crippen molar-refractivity contribution in [1.29, 1.82) is 0 Å². The molecule has 0 atom stereocenters. The normalized spacial score (nSPS) is 15.6. The molecule has 0 spiro atoms. The van der Waals surface area contributed by atoms with Gasteiger partial charge in [-0.05, 0) is 30.9 Å². The molecule has 156 valence electrons. The van der Waals surface area contributed by atoms with Gasteiger partial charge in [-0.1, -0.05) is 12.1 Å². The standard InChI is InChI=1S/C22H25N5O3/c1-29-17-4-2-3-15(9-17)20-16(11-24-25-20)10-23-22(28)21-18-13-30-8-7-19(18)27(26-21)12-14-5-6-14/h2-4,9,11,14H,5-8,10,12-13H2,1H3,(H,23,28)(H,24,25). The van der Waals surface area contributed by atoms with Gasteiger partial charge in [0.25, 0.3) is 5.91 Å². The Balaban J connectivity index is 1.34. The summed E-state index contributed by atoms with van der Waals surface area (Å²) in [7, 11) is 1.64. The van der Waals surface area contributed by atoms with Crippen LogP contribution in [-0.4, -0.2) is 39.6 Å². The summed E-state index contributed by atoms with van der Waals surface area (Å²) >= 11 is 0. The average Bonchev–Trinajstić information content (AvgIpc) is 3.34. The topological polar surface area (TPSA) is 94.1 Å². The molecule has 8 heteroatoms. The van der Waals surface area contributed by atoms with Crippen molar-refractivity contribution in [2.45, 2.75) is 39.0 Å². The first kappa shape index (κ1) is 18.9. The number of hydrogen-bond donors (Lipinski definition) is 2. The first-order valence-electron chi connectivity index (χ1n) is 10.3. The third kappa shape index (κ3) is 3.70. The van der Waals surface area contributed by atoms with Crippen molar-refractivity contribution >= 4 is 5.91 Å². The number of carbonyl (C=O) groups excluding carboxylic acids is 1. The zero-order valence-electron chi connectivity index (χ0n) is 17.0. The van der Waals surface area contributed by atoms with Crippen LogP contribution < -0.4 is 10.1 Å². The minimum atomic E-state index is -0.177. The number of aromatic amines is 1. The fourth-order valence-electron chi connectivity index (χ4n) is 3.92. The van der Waals surface area contributed by atoms with E-state index in [4.69, 9.17) is 9.47 Å². The van der Waals surface area contributed by atoms with E-state index in [-0.39, 0.29) is 5.91 Å². The first-order valence-corrected chi connectivity index (χ1v) is 10.3. The van der Waals surface area contributed by atoms with Gasteiger partial charge in [0.05, 0.1) is 32.2 Å². The quantitative estimate of drug-likeness (QED) is 0.628. The minimum Gasteiger partial charge on any atom is -0.497 e. The summed E-state index contributed by atoms with van der Waals surface area (Å²) in [6.45, 7) is 2.39. The maximum atomic E-state index is 13.0. The van der Waals surface area contributed by atoms with Gasteiger partial charge in [-0.3, -0.25) is 14.6 Å². The van der Waals surface area contributed by atoms with Crippen molar-refractivity contribution in [3.8, 4) is 17.0 Å². The van der Waals surface area contributed by atoms with Crippen LogP contribution in [0.25, 0.3) is 11.3 Å². The summed E-state index contributed by atoms with van der Waals surface area (Å²) in [5.41, 5.74) is 5.28. The number of hydrogen-bond acceptors (Lipinski definition) is 5. The summed E-state index contributed by atoms with van der Waals surface area (Å²) in [6, 6.07) is 7.74. The lowest BCUT2D eigenvalue weighted by Gasteiger charge is -2.15. The molecule has 3 heterocycles. The van der Waals surface area contributed by atoms with Gasteiger partial charge in [-0.2, -0.15) is 10.2 Å². The molecule has 1 aromatic carbocycles. The maximum Gasteiger partial charge on any atom is 0.272 e. The third-order valence-corrected chi connectivity index (χ3v) is 5.75. The SMILES string of the molecule is COc1cccc(-c2[nH]ncc2CNC(=O)c2nn(CC3CC3)c3c2COCC3)c1. The molecule has 30 heavy (non-hydrogen) atoms. The summed E-state index contributed by atoms with van der Waals surface area (Å²) in [6.07, 6.45) is 5.05. The van der Waals surface area contributed by atoms with Gasteiger partial charge < -0.3 is 14.8 Å². The first-order chi connectivity index (χ1) is 14.7. The number of aromatic nitrogens is 4. The molecule has 2 aromatic heterocycles. The van der Waals surface area contributed by atoms with E-state index in [0.717, 1.165) is 46.8 Å². The number of carbonyl (C=O) groups is 1. The Bertz CT molecular complexity index is 1070. The van der Waals surface area contributed by atoms with Crippen LogP contribution in [0.2, 0.25) is 0 Å². The smallest absolute Gasteiger partial charge is 0.272 e. The van der Waals surface area contributed by atoms with Crippen molar-refractivity contribution in [3.05, 3.63) is 53.0 Å². The van der Waals surface area contributed by atoms with E-state index in [9.17, 15) is 4.79 Å². The van der Waals surface area contributed by atoms with Crippen LogP contribution in [0, 0.1) is 5.92 Å². The summed E-state index contributed by atoms with van der Waals surface area (Å²) in [4.78, 5) is 13.0. The molecular weight excluding hydrogens is 382 g/mol. The number of fused-ring (bicyclic) bond motifs is 1. The van der Waals surface area contributed by atoms with Gasteiger partial charge in [0, 0.05) is 41.9 Å². The zero-order valence-corrected chi connectivity index (χ0v) is 17.0. The van der Waals surface area contributed by atoms with E-state index >= 15 is 0 Å². The lowest BCUT2D eigenvalue weighted by atomic mass is 10.1. The maximum absolute atomic E-state index is 13.0. The number of methoxy groups -OCH3 is 1. The highest BCUT2D eigenvalue weighted by Gasteiger charge is 2.29. The number of nitrogens with one attached hydrogen (secondary N) is 2. The molecule has 0 bridgehead atoms.